The maximum Gasteiger partial charge on any atom is 0.311 e. The van der Waals surface area contributed by atoms with Gasteiger partial charge in [0.05, 0.1) is 35.8 Å². The largest absolute Gasteiger partial charge is 0.469 e. The van der Waals surface area contributed by atoms with E-state index in [0.717, 1.165) is 11.3 Å². The maximum absolute atomic E-state index is 11.7. The van der Waals surface area contributed by atoms with Gasteiger partial charge in [0, 0.05) is 18.4 Å². The Bertz CT molecular complexity index is 456. The fourth-order valence-electron chi connectivity index (χ4n) is 1.74. The van der Waals surface area contributed by atoms with Gasteiger partial charge in [0.25, 0.3) is 0 Å². The van der Waals surface area contributed by atoms with Crippen molar-refractivity contribution in [2.24, 2.45) is 5.41 Å². The van der Waals surface area contributed by atoms with Gasteiger partial charge in [0.15, 0.2) is 0 Å². The molecule has 0 radical (unpaired) electrons. The second kappa shape index (κ2) is 7.50. The Hall–Kier alpha value is -1.27. The molecule has 0 saturated heterocycles. The molecule has 1 rings (SSSR count). The van der Waals surface area contributed by atoms with E-state index in [-0.39, 0.29) is 11.9 Å². The second-order valence-corrected chi connectivity index (χ2v) is 6.06. The summed E-state index contributed by atoms with van der Waals surface area (Å²) < 4.78 is 10.0. The van der Waals surface area contributed by atoms with E-state index in [0.29, 0.717) is 25.3 Å². The molecular formula is C14H21NO4S. The number of esters is 1. The summed E-state index contributed by atoms with van der Waals surface area (Å²) >= 11 is 1.45. The third-order valence-corrected chi connectivity index (χ3v) is 3.81. The van der Waals surface area contributed by atoms with Crippen LogP contribution < -0.4 is 0 Å². The van der Waals surface area contributed by atoms with Crippen molar-refractivity contribution >= 4 is 23.6 Å². The normalized spacial score (nSPS) is 13.0. The molecule has 0 spiro atoms. The van der Waals surface area contributed by atoms with Gasteiger partial charge >= 0.3 is 5.97 Å². The number of nitrogens with zero attached hydrogens (tertiary/aromatic N) is 1. The predicted molar refractivity (Wildman–Crippen MR) is 76.9 cm³/mol. The lowest BCUT2D eigenvalue weighted by Crippen LogP contribution is -2.28. The number of thiazole rings is 1. The van der Waals surface area contributed by atoms with Crippen LogP contribution in [0.5, 0.6) is 0 Å². The molecule has 0 aliphatic heterocycles. The highest BCUT2D eigenvalue weighted by Gasteiger charge is 2.30. The first-order chi connectivity index (χ1) is 9.44. The van der Waals surface area contributed by atoms with Crippen LogP contribution in [-0.2, 0) is 25.5 Å². The summed E-state index contributed by atoms with van der Waals surface area (Å²) in [6.07, 6.45) is 1.34. The first kappa shape index (κ1) is 16.8. The molecule has 1 aromatic rings. The van der Waals surface area contributed by atoms with Crippen molar-refractivity contribution in [3.63, 3.8) is 0 Å². The van der Waals surface area contributed by atoms with Crippen LogP contribution in [0, 0.1) is 5.41 Å². The molecule has 0 bridgehead atoms. The maximum atomic E-state index is 11.7. The number of aldehydes is 1. The molecule has 1 atom stereocenters. The van der Waals surface area contributed by atoms with Crippen LogP contribution >= 0.6 is 11.3 Å². The Morgan fingerprint density at radius 3 is 2.80 bits per heavy atom. The van der Waals surface area contributed by atoms with Crippen LogP contribution in [0.3, 0.4) is 0 Å². The first-order valence-corrected chi connectivity index (χ1v) is 7.38. The van der Waals surface area contributed by atoms with Gasteiger partial charge in [0.1, 0.15) is 6.29 Å². The average molecular weight is 299 g/mol. The van der Waals surface area contributed by atoms with Crippen molar-refractivity contribution in [1.29, 1.82) is 0 Å². The smallest absolute Gasteiger partial charge is 0.311 e. The molecule has 0 N–H and O–H groups in total. The van der Waals surface area contributed by atoms with E-state index in [1.165, 1.54) is 18.4 Å². The Morgan fingerprint density at radius 2 is 2.25 bits per heavy atom. The Morgan fingerprint density at radius 1 is 1.55 bits per heavy atom. The molecule has 1 aromatic heterocycles. The SMILES string of the molecule is CCOCC(C=O)c1csc(CC(C)(C)C(=O)OC)n1. The van der Waals surface area contributed by atoms with Gasteiger partial charge in [-0.15, -0.1) is 11.3 Å². The van der Waals surface area contributed by atoms with Crippen molar-refractivity contribution in [3.05, 3.63) is 16.1 Å². The minimum Gasteiger partial charge on any atom is -0.469 e. The van der Waals surface area contributed by atoms with Crippen LogP contribution in [0.4, 0.5) is 0 Å². The third-order valence-electron chi connectivity index (χ3n) is 2.95. The molecule has 5 nitrogen and oxygen atoms in total. The molecule has 1 heterocycles. The van der Waals surface area contributed by atoms with E-state index < -0.39 is 5.41 Å². The van der Waals surface area contributed by atoms with Crippen molar-refractivity contribution < 1.29 is 19.1 Å². The van der Waals surface area contributed by atoms with Crippen molar-refractivity contribution in [2.75, 3.05) is 20.3 Å². The lowest BCUT2D eigenvalue weighted by atomic mass is 9.90. The average Bonchev–Trinajstić information content (AvgIpc) is 2.86. The molecule has 0 saturated carbocycles. The van der Waals surface area contributed by atoms with E-state index in [4.69, 9.17) is 9.47 Å². The standard InChI is InChI=1S/C14H21NO4S/c1-5-19-8-10(7-16)11-9-20-12(15-11)6-14(2,3)13(17)18-4/h7,9-10H,5-6,8H2,1-4H3. The predicted octanol–water partition coefficient (Wildman–Crippen LogP) is 2.20. The van der Waals surface area contributed by atoms with Crippen LogP contribution in [0.15, 0.2) is 5.38 Å². The molecule has 6 heteroatoms. The highest BCUT2D eigenvalue weighted by Crippen LogP contribution is 2.27. The Labute approximate surface area is 123 Å². The van der Waals surface area contributed by atoms with Gasteiger partial charge in [-0.25, -0.2) is 4.98 Å². The highest BCUT2D eigenvalue weighted by molar-refractivity contribution is 7.09. The number of carbonyl (C=O) groups is 2. The molecule has 1 unspecified atom stereocenters. The number of carbonyl (C=O) groups excluding carboxylic acids is 2. The first-order valence-electron chi connectivity index (χ1n) is 6.50. The second-order valence-electron chi connectivity index (χ2n) is 5.12. The lowest BCUT2D eigenvalue weighted by Gasteiger charge is -2.19. The molecular weight excluding hydrogens is 278 g/mol. The summed E-state index contributed by atoms with van der Waals surface area (Å²) in [5.41, 5.74) is 0.0783. The zero-order valence-corrected chi connectivity index (χ0v) is 13.2. The summed E-state index contributed by atoms with van der Waals surface area (Å²) in [6.45, 7) is 6.42. The van der Waals surface area contributed by atoms with Gasteiger partial charge in [0.2, 0.25) is 0 Å². The number of rotatable bonds is 8. The summed E-state index contributed by atoms with van der Waals surface area (Å²) in [7, 11) is 1.38. The lowest BCUT2D eigenvalue weighted by molar-refractivity contribution is -0.150. The molecule has 0 aliphatic carbocycles. The van der Waals surface area contributed by atoms with Crippen molar-refractivity contribution in [2.45, 2.75) is 33.1 Å². The summed E-state index contributed by atoms with van der Waals surface area (Å²) in [4.78, 5) is 27.2. The van der Waals surface area contributed by atoms with E-state index in [9.17, 15) is 9.59 Å². The third kappa shape index (κ3) is 4.38. The van der Waals surface area contributed by atoms with E-state index in [1.807, 2.05) is 26.2 Å². The minimum absolute atomic E-state index is 0.268. The molecule has 0 aromatic carbocycles. The van der Waals surface area contributed by atoms with Crippen LogP contribution in [0.2, 0.25) is 0 Å². The van der Waals surface area contributed by atoms with E-state index >= 15 is 0 Å². The van der Waals surface area contributed by atoms with Gasteiger partial charge in [-0.3, -0.25) is 4.79 Å². The summed E-state index contributed by atoms with van der Waals surface area (Å²) in [5, 5.41) is 2.67. The zero-order chi connectivity index (χ0) is 15.2. The number of methoxy groups -OCH3 is 1. The van der Waals surface area contributed by atoms with Crippen LogP contribution in [-0.4, -0.2) is 37.6 Å². The molecule has 112 valence electrons. The zero-order valence-electron chi connectivity index (χ0n) is 12.3. The topological polar surface area (TPSA) is 65.5 Å². The van der Waals surface area contributed by atoms with Crippen molar-refractivity contribution in [1.82, 2.24) is 4.98 Å². The molecule has 20 heavy (non-hydrogen) atoms. The van der Waals surface area contributed by atoms with Gasteiger partial charge in [-0.1, -0.05) is 0 Å². The fourth-order valence-corrected chi connectivity index (χ4v) is 2.83. The number of hydrogen-bond donors (Lipinski definition) is 0. The number of hydrogen-bond acceptors (Lipinski definition) is 6. The minimum atomic E-state index is -0.625. The van der Waals surface area contributed by atoms with Crippen LogP contribution in [0.1, 0.15) is 37.4 Å². The van der Waals surface area contributed by atoms with Crippen LogP contribution in [0.25, 0.3) is 0 Å². The van der Waals surface area contributed by atoms with Gasteiger partial charge in [-0.2, -0.15) is 0 Å². The fraction of sp³-hybridized carbons (Fsp3) is 0.643. The monoisotopic (exact) mass is 299 g/mol. The van der Waals surface area contributed by atoms with Gasteiger partial charge in [-0.05, 0) is 20.8 Å². The summed E-state index contributed by atoms with van der Waals surface area (Å²) in [5.74, 6) is -0.614. The Kier molecular flexibility index (Phi) is 6.29. The van der Waals surface area contributed by atoms with E-state index in [1.54, 1.807) is 0 Å². The molecule has 0 aliphatic rings. The summed E-state index contributed by atoms with van der Waals surface area (Å²) in [6, 6.07) is 0. The van der Waals surface area contributed by atoms with Gasteiger partial charge < -0.3 is 14.3 Å². The van der Waals surface area contributed by atoms with Crippen molar-refractivity contribution in [3.8, 4) is 0 Å². The number of ether oxygens (including phenoxy) is 2. The quantitative estimate of drug-likeness (QED) is 0.544. The highest BCUT2D eigenvalue weighted by atomic mass is 32.1. The molecule has 0 amide bonds. The molecule has 0 fully saturated rings. The Balaban J connectivity index is 2.76. The van der Waals surface area contributed by atoms with E-state index in [2.05, 4.69) is 4.98 Å². The number of aromatic nitrogens is 1.